The van der Waals surface area contributed by atoms with E-state index in [1.165, 1.54) is 0 Å². The molecule has 6 heteroatoms. The summed E-state index contributed by atoms with van der Waals surface area (Å²) in [5.41, 5.74) is 5.41. The number of hydrogen-bond donors (Lipinski definition) is 0. The summed E-state index contributed by atoms with van der Waals surface area (Å²) < 4.78 is 0. The molecule has 0 fully saturated rings. The fourth-order valence-corrected chi connectivity index (χ4v) is 2.72. The van der Waals surface area contributed by atoms with Gasteiger partial charge in [-0.25, -0.2) is 0 Å². The third-order valence-corrected chi connectivity index (χ3v) is 3.89. The van der Waals surface area contributed by atoms with Gasteiger partial charge in [0.1, 0.15) is 0 Å². The molecule has 124 valence electrons. The number of nitrogens with zero attached hydrogens (tertiary/aromatic N) is 6. The summed E-state index contributed by atoms with van der Waals surface area (Å²) in [6.45, 7) is 0. The van der Waals surface area contributed by atoms with Crippen LogP contribution in [0.25, 0.3) is 34.7 Å². The van der Waals surface area contributed by atoms with Crippen molar-refractivity contribution in [3.05, 3.63) is 84.2 Å². The Balaban J connectivity index is 1.88. The quantitative estimate of drug-likeness (QED) is 0.530. The van der Waals surface area contributed by atoms with Gasteiger partial charge in [0.2, 0.25) is 0 Å². The molecule has 0 atom stereocenters. The number of aromatic nitrogens is 6. The van der Waals surface area contributed by atoms with Gasteiger partial charge in [0.25, 0.3) is 0 Å². The van der Waals surface area contributed by atoms with Crippen molar-refractivity contribution < 1.29 is 0 Å². The molecule has 0 aliphatic heterocycles. The molecule has 0 saturated heterocycles. The minimum Gasteiger partial charge on any atom is -0.139 e. The van der Waals surface area contributed by atoms with E-state index in [1.54, 1.807) is 12.4 Å². The van der Waals surface area contributed by atoms with Crippen LogP contribution in [0.15, 0.2) is 73.1 Å². The van der Waals surface area contributed by atoms with Gasteiger partial charge in [-0.2, -0.15) is 0 Å². The van der Waals surface area contributed by atoms with Gasteiger partial charge >= 0.3 is 0 Å². The molecule has 0 aliphatic carbocycles. The second-order valence-electron chi connectivity index (χ2n) is 5.53. The molecule has 0 amide bonds. The van der Waals surface area contributed by atoms with E-state index >= 15 is 0 Å². The summed E-state index contributed by atoms with van der Waals surface area (Å²) in [5, 5.41) is 23.4. The first-order chi connectivity index (χ1) is 12.9. The largest absolute Gasteiger partial charge is 0.139 e. The summed E-state index contributed by atoms with van der Waals surface area (Å²) in [4.78, 5) is 0. The first-order valence-corrected chi connectivity index (χ1v) is 8.07. The first-order valence-electron chi connectivity index (χ1n) is 8.07. The molecule has 2 aromatic carbocycles. The highest BCUT2D eigenvalue weighted by molar-refractivity contribution is 5.89. The average Bonchev–Trinajstić information content (AvgIpc) is 2.74. The van der Waals surface area contributed by atoms with Crippen molar-refractivity contribution in [2.45, 2.75) is 0 Å². The van der Waals surface area contributed by atoms with Crippen LogP contribution in [0.1, 0.15) is 11.1 Å². The Morgan fingerprint density at radius 2 is 1.35 bits per heavy atom. The zero-order chi connectivity index (χ0) is 17.6. The molecule has 0 saturated carbocycles. The minimum absolute atomic E-state index is 0.724. The summed E-state index contributed by atoms with van der Waals surface area (Å²) in [7, 11) is 0. The Bertz CT molecular complexity index is 1020. The molecule has 0 spiro atoms. The van der Waals surface area contributed by atoms with E-state index in [2.05, 4.69) is 55.1 Å². The highest BCUT2D eigenvalue weighted by Crippen LogP contribution is 2.33. The molecule has 0 bridgehead atoms. The van der Waals surface area contributed by atoms with E-state index in [0.717, 1.165) is 33.6 Å². The van der Waals surface area contributed by atoms with Gasteiger partial charge in [-0.3, -0.25) is 0 Å². The van der Waals surface area contributed by atoms with Gasteiger partial charge in [-0.05, 0) is 33.7 Å². The lowest BCUT2D eigenvalue weighted by Gasteiger charge is -2.11. The van der Waals surface area contributed by atoms with Crippen LogP contribution in [0.3, 0.4) is 0 Å². The average molecular weight is 338 g/mol. The van der Waals surface area contributed by atoms with E-state index in [9.17, 15) is 0 Å². The predicted molar refractivity (Wildman–Crippen MR) is 99.5 cm³/mol. The molecular formula is C20H14N6. The van der Waals surface area contributed by atoms with Gasteiger partial charge in [0.05, 0.1) is 23.8 Å². The zero-order valence-corrected chi connectivity index (χ0v) is 13.8. The Labute approximate surface area is 150 Å². The molecule has 4 aromatic rings. The van der Waals surface area contributed by atoms with Crippen molar-refractivity contribution >= 4 is 12.2 Å². The Kier molecular flexibility index (Phi) is 4.47. The van der Waals surface area contributed by atoms with Gasteiger partial charge in [0.15, 0.2) is 0 Å². The smallest absolute Gasteiger partial charge is 0.0976 e. The SMILES string of the molecule is C(=Cc1cccc(-c2ccnnn2)c1-c1ccnnn1)c1ccccc1. The number of benzene rings is 2. The van der Waals surface area contributed by atoms with Crippen molar-refractivity contribution in [3.8, 4) is 22.5 Å². The van der Waals surface area contributed by atoms with Crippen LogP contribution in [0.4, 0.5) is 0 Å². The summed E-state index contributed by atoms with van der Waals surface area (Å²) in [6.07, 6.45) is 7.37. The van der Waals surface area contributed by atoms with E-state index in [0.29, 0.717) is 0 Å². The molecule has 2 aromatic heterocycles. The standard InChI is InChI=1S/C20H14N6/c1-2-5-15(6-3-1)9-10-16-7-4-8-17(18-11-13-21-25-23-18)20(16)19-12-14-22-26-24-19/h1-14H. The monoisotopic (exact) mass is 338 g/mol. The van der Waals surface area contributed by atoms with Gasteiger partial charge in [0, 0.05) is 11.1 Å². The van der Waals surface area contributed by atoms with Gasteiger partial charge in [-0.15, -0.1) is 20.4 Å². The molecule has 0 unspecified atom stereocenters. The normalized spacial score (nSPS) is 10.9. The summed E-state index contributed by atoms with van der Waals surface area (Å²) >= 11 is 0. The van der Waals surface area contributed by atoms with E-state index in [4.69, 9.17) is 0 Å². The fraction of sp³-hybridized carbons (Fsp3) is 0. The fourth-order valence-electron chi connectivity index (χ4n) is 2.72. The molecule has 6 nitrogen and oxygen atoms in total. The molecule has 0 N–H and O–H groups in total. The predicted octanol–water partition coefficient (Wildman–Crippen LogP) is 3.56. The Morgan fingerprint density at radius 1 is 0.615 bits per heavy atom. The van der Waals surface area contributed by atoms with E-state index < -0.39 is 0 Å². The lowest BCUT2D eigenvalue weighted by Crippen LogP contribution is -1.97. The van der Waals surface area contributed by atoms with Crippen LogP contribution in [0.5, 0.6) is 0 Å². The van der Waals surface area contributed by atoms with Crippen LogP contribution >= 0.6 is 0 Å². The Hall–Kier alpha value is -3.80. The topological polar surface area (TPSA) is 77.3 Å². The second kappa shape index (κ2) is 7.40. The minimum atomic E-state index is 0.724. The third-order valence-electron chi connectivity index (χ3n) is 3.89. The lowest BCUT2D eigenvalue weighted by atomic mass is 9.95. The third kappa shape index (κ3) is 3.34. The van der Waals surface area contributed by atoms with Crippen LogP contribution in [-0.2, 0) is 0 Å². The van der Waals surface area contributed by atoms with Crippen molar-refractivity contribution in [2.75, 3.05) is 0 Å². The maximum absolute atomic E-state index is 4.19. The molecule has 0 aliphatic rings. The zero-order valence-electron chi connectivity index (χ0n) is 13.8. The molecule has 2 heterocycles. The molecular weight excluding hydrogens is 324 g/mol. The van der Waals surface area contributed by atoms with Gasteiger partial charge < -0.3 is 0 Å². The highest BCUT2D eigenvalue weighted by Gasteiger charge is 2.14. The molecule has 4 rings (SSSR count). The van der Waals surface area contributed by atoms with Crippen molar-refractivity contribution in [1.29, 1.82) is 0 Å². The van der Waals surface area contributed by atoms with E-state index in [-0.39, 0.29) is 0 Å². The van der Waals surface area contributed by atoms with Crippen LogP contribution < -0.4 is 0 Å². The number of rotatable bonds is 4. The first kappa shape index (κ1) is 15.7. The molecule has 26 heavy (non-hydrogen) atoms. The lowest BCUT2D eigenvalue weighted by molar-refractivity contribution is 0.866. The maximum Gasteiger partial charge on any atom is 0.0976 e. The van der Waals surface area contributed by atoms with Crippen molar-refractivity contribution in [1.82, 2.24) is 30.8 Å². The molecule has 0 radical (unpaired) electrons. The highest BCUT2D eigenvalue weighted by atomic mass is 15.3. The van der Waals surface area contributed by atoms with Crippen LogP contribution in [0.2, 0.25) is 0 Å². The van der Waals surface area contributed by atoms with Crippen molar-refractivity contribution in [3.63, 3.8) is 0 Å². The Morgan fingerprint density at radius 3 is 2.04 bits per heavy atom. The van der Waals surface area contributed by atoms with Gasteiger partial charge in [-0.1, -0.05) is 60.7 Å². The van der Waals surface area contributed by atoms with Crippen LogP contribution in [0, 0.1) is 0 Å². The summed E-state index contributed by atoms with van der Waals surface area (Å²) in [6, 6.07) is 19.8. The van der Waals surface area contributed by atoms with Crippen LogP contribution in [-0.4, -0.2) is 30.8 Å². The van der Waals surface area contributed by atoms with Crippen molar-refractivity contribution in [2.24, 2.45) is 0 Å². The summed E-state index contributed by atoms with van der Waals surface area (Å²) in [5.74, 6) is 0. The second-order valence-corrected chi connectivity index (χ2v) is 5.53. The van der Waals surface area contributed by atoms with E-state index in [1.807, 2.05) is 48.5 Å². The maximum atomic E-state index is 4.19. The number of hydrogen-bond acceptors (Lipinski definition) is 6.